The molecule has 4 rings (SSSR count). The Bertz CT molecular complexity index is 755. The van der Waals surface area contributed by atoms with E-state index >= 15 is 0 Å². The molecule has 0 spiro atoms. The lowest BCUT2D eigenvalue weighted by Gasteiger charge is -2.10. The van der Waals surface area contributed by atoms with Crippen molar-refractivity contribution in [3.05, 3.63) is 51.2 Å². The van der Waals surface area contributed by atoms with Gasteiger partial charge in [0.15, 0.2) is 0 Å². The van der Waals surface area contributed by atoms with Crippen molar-refractivity contribution in [1.82, 2.24) is 0 Å². The lowest BCUT2D eigenvalue weighted by molar-refractivity contribution is 0.670. The molecular weight excluding hydrogens is 316 g/mol. The molecule has 0 aromatic carbocycles. The summed E-state index contributed by atoms with van der Waals surface area (Å²) < 4.78 is 0. The van der Waals surface area contributed by atoms with Crippen LogP contribution in [0, 0.1) is 0 Å². The quantitative estimate of drug-likeness (QED) is 0.495. The highest BCUT2D eigenvalue weighted by molar-refractivity contribution is 7.23. The van der Waals surface area contributed by atoms with Crippen LogP contribution in [0.15, 0.2) is 30.4 Å². The molecule has 0 radical (unpaired) electrons. The predicted octanol–water partition coefficient (Wildman–Crippen LogP) is 7.04. The van der Waals surface area contributed by atoms with Crippen molar-refractivity contribution < 1.29 is 0 Å². The van der Waals surface area contributed by atoms with Crippen molar-refractivity contribution in [2.24, 2.45) is 0 Å². The highest BCUT2D eigenvalue weighted by atomic mass is 32.1. The summed E-state index contributed by atoms with van der Waals surface area (Å²) in [5.41, 5.74) is 4.70. The molecule has 0 saturated carbocycles. The van der Waals surface area contributed by atoms with Crippen LogP contribution in [0.4, 0.5) is 0 Å². The average Bonchev–Trinajstić information content (AvgIpc) is 3.28. The summed E-state index contributed by atoms with van der Waals surface area (Å²) in [4.78, 5) is 6.25. The maximum atomic E-state index is 2.50. The van der Waals surface area contributed by atoms with Gasteiger partial charge in [-0.25, -0.2) is 0 Å². The molecule has 0 N–H and O–H groups in total. The van der Waals surface area contributed by atoms with Crippen LogP contribution in [0.1, 0.15) is 59.9 Å². The second-order valence-corrected chi connectivity index (χ2v) is 8.86. The van der Waals surface area contributed by atoms with Gasteiger partial charge in [0.25, 0.3) is 0 Å². The van der Waals surface area contributed by atoms with E-state index in [1.165, 1.54) is 55.4 Å². The topological polar surface area (TPSA) is 0 Å². The minimum Gasteiger partial charge on any atom is -0.139 e. The van der Waals surface area contributed by atoms with E-state index in [9.17, 15) is 0 Å². The first kappa shape index (κ1) is 15.4. The van der Waals surface area contributed by atoms with E-state index in [0.29, 0.717) is 0 Å². The Balaban J connectivity index is 1.55. The van der Waals surface area contributed by atoms with Gasteiger partial charge in [0.2, 0.25) is 0 Å². The molecule has 0 saturated heterocycles. The summed E-state index contributed by atoms with van der Waals surface area (Å²) in [5.74, 6) is 0. The summed E-state index contributed by atoms with van der Waals surface area (Å²) in [5, 5.41) is 0. The summed E-state index contributed by atoms with van der Waals surface area (Å²) in [6.07, 6.45) is 17.0. The van der Waals surface area contributed by atoms with Crippen LogP contribution < -0.4 is 0 Å². The zero-order chi connectivity index (χ0) is 15.6. The van der Waals surface area contributed by atoms with Crippen molar-refractivity contribution >= 4 is 28.2 Å². The minimum absolute atomic E-state index is 1.11. The van der Waals surface area contributed by atoms with Gasteiger partial charge < -0.3 is 0 Å². The van der Waals surface area contributed by atoms with Crippen LogP contribution in [0.2, 0.25) is 0 Å². The molecule has 2 aliphatic carbocycles. The van der Waals surface area contributed by atoms with E-state index in [1.807, 2.05) is 11.3 Å². The van der Waals surface area contributed by atoms with Crippen LogP contribution in [0.5, 0.6) is 0 Å². The number of fused-ring (bicyclic) bond motifs is 3. The lowest BCUT2D eigenvalue weighted by Crippen LogP contribution is -1.96. The number of aryl methyl sites for hydroxylation is 3. The first-order valence-electron chi connectivity index (χ1n) is 8.96. The fraction of sp³-hybridized carbons (Fsp3) is 0.429. The van der Waals surface area contributed by atoms with Gasteiger partial charge in [0, 0.05) is 19.5 Å². The molecule has 0 aliphatic heterocycles. The number of thiophene rings is 2. The molecule has 0 bridgehead atoms. The smallest absolute Gasteiger partial charge is 0.0484 e. The maximum Gasteiger partial charge on any atom is 0.0484 e. The summed E-state index contributed by atoms with van der Waals surface area (Å²) in [6, 6.07) is 4.97. The second kappa shape index (κ2) is 6.78. The van der Waals surface area contributed by atoms with Crippen LogP contribution in [0.25, 0.3) is 15.3 Å². The van der Waals surface area contributed by atoms with E-state index in [1.54, 1.807) is 25.8 Å². The second-order valence-electron chi connectivity index (χ2n) is 6.67. The van der Waals surface area contributed by atoms with Gasteiger partial charge in [-0.05, 0) is 60.9 Å². The minimum atomic E-state index is 1.11. The third-order valence-electron chi connectivity index (χ3n) is 4.90. The highest BCUT2D eigenvalue weighted by Crippen LogP contribution is 2.46. The first-order valence-corrected chi connectivity index (χ1v) is 10.6. The Morgan fingerprint density at radius 3 is 2.57 bits per heavy atom. The predicted molar refractivity (Wildman–Crippen MR) is 105 cm³/mol. The monoisotopic (exact) mass is 340 g/mol. The Hall–Kier alpha value is -1.12. The fourth-order valence-electron chi connectivity index (χ4n) is 3.58. The van der Waals surface area contributed by atoms with Crippen molar-refractivity contribution in [2.45, 2.75) is 58.3 Å². The molecule has 2 heterocycles. The molecule has 0 atom stereocenters. The van der Waals surface area contributed by atoms with Gasteiger partial charge in [-0.2, -0.15) is 0 Å². The standard InChI is InChI=1S/C21H24S2/c1-2-3-4-5-10-18-13-16-11-12-17-14-19(15-8-6-7-9-15)23-21(17)20(16)22-18/h6-8,13-14H,2-5,9-12H2,1H3. The molecule has 0 amide bonds. The Morgan fingerprint density at radius 2 is 1.78 bits per heavy atom. The van der Waals surface area contributed by atoms with Crippen molar-refractivity contribution in [3.63, 3.8) is 0 Å². The fourth-order valence-corrected chi connectivity index (χ4v) is 6.27. The van der Waals surface area contributed by atoms with Gasteiger partial charge in [-0.1, -0.05) is 44.4 Å². The van der Waals surface area contributed by atoms with Crippen molar-refractivity contribution in [2.75, 3.05) is 0 Å². The summed E-state index contributed by atoms with van der Waals surface area (Å²) in [6.45, 7) is 2.29. The molecule has 2 aromatic heterocycles. The number of allylic oxidation sites excluding steroid dienone is 4. The summed E-state index contributed by atoms with van der Waals surface area (Å²) >= 11 is 4.09. The van der Waals surface area contributed by atoms with E-state index in [4.69, 9.17) is 0 Å². The van der Waals surface area contributed by atoms with Gasteiger partial charge >= 0.3 is 0 Å². The van der Waals surface area contributed by atoms with Crippen molar-refractivity contribution in [1.29, 1.82) is 0 Å². The van der Waals surface area contributed by atoms with E-state index in [0.717, 1.165) is 6.42 Å². The maximum absolute atomic E-state index is 2.50. The molecule has 2 heteroatoms. The average molecular weight is 341 g/mol. The number of rotatable bonds is 6. The van der Waals surface area contributed by atoms with E-state index in [-0.39, 0.29) is 0 Å². The van der Waals surface area contributed by atoms with Crippen LogP contribution in [-0.4, -0.2) is 0 Å². The molecule has 0 fully saturated rings. The van der Waals surface area contributed by atoms with E-state index < -0.39 is 0 Å². The molecule has 2 aromatic rings. The normalized spacial score (nSPS) is 15.6. The third-order valence-corrected chi connectivity index (χ3v) is 7.56. The Morgan fingerprint density at radius 1 is 0.957 bits per heavy atom. The van der Waals surface area contributed by atoms with Crippen LogP contribution in [0.3, 0.4) is 0 Å². The number of unbranched alkanes of at least 4 members (excludes halogenated alkanes) is 3. The van der Waals surface area contributed by atoms with Gasteiger partial charge in [0.05, 0.1) is 0 Å². The summed E-state index contributed by atoms with van der Waals surface area (Å²) in [7, 11) is 0. The van der Waals surface area contributed by atoms with Crippen LogP contribution >= 0.6 is 22.7 Å². The first-order chi connectivity index (χ1) is 11.3. The van der Waals surface area contributed by atoms with Gasteiger partial charge in [-0.3, -0.25) is 0 Å². The van der Waals surface area contributed by atoms with Crippen LogP contribution in [-0.2, 0) is 19.3 Å². The number of hydrogen-bond acceptors (Lipinski definition) is 2. The third kappa shape index (κ3) is 3.12. The number of hydrogen-bond donors (Lipinski definition) is 0. The Kier molecular flexibility index (Phi) is 4.54. The molecular formula is C21H24S2. The lowest BCUT2D eigenvalue weighted by atomic mass is 9.97. The highest BCUT2D eigenvalue weighted by Gasteiger charge is 2.23. The molecule has 120 valence electrons. The zero-order valence-electron chi connectivity index (χ0n) is 13.9. The molecule has 23 heavy (non-hydrogen) atoms. The Labute approximate surface area is 147 Å². The molecule has 0 nitrogen and oxygen atoms in total. The van der Waals surface area contributed by atoms with Gasteiger partial charge in [-0.15, -0.1) is 22.7 Å². The van der Waals surface area contributed by atoms with Gasteiger partial charge in [0.1, 0.15) is 0 Å². The molecule has 0 unspecified atom stereocenters. The van der Waals surface area contributed by atoms with E-state index in [2.05, 4.69) is 48.6 Å². The zero-order valence-corrected chi connectivity index (χ0v) is 15.5. The SMILES string of the molecule is CCCCCCc1cc2c(s1)-c1sc(C3=CC=CC3)cc1CC2. The van der Waals surface area contributed by atoms with Crippen molar-refractivity contribution in [3.8, 4) is 9.75 Å². The molecule has 2 aliphatic rings. The largest absolute Gasteiger partial charge is 0.139 e.